The molecular weight excluding hydrogens is 270 g/mol. The highest BCUT2D eigenvalue weighted by molar-refractivity contribution is 7.21. The molecule has 3 aromatic rings. The predicted octanol–water partition coefficient (Wildman–Crippen LogP) is 3.13. The maximum atomic E-state index is 12.0. The molecule has 0 fully saturated rings. The van der Waals surface area contributed by atoms with Crippen molar-refractivity contribution in [3.05, 3.63) is 58.5 Å². The molecule has 0 atom stereocenters. The van der Waals surface area contributed by atoms with Crippen molar-refractivity contribution in [2.24, 2.45) is 0 Å². The molecule has 1 aromatic carbocycles. The maximum absolute atomic E-state index is 12.0. The number of hydrogen-bond acceptors (Lipinski definition) is 5. The second kappa shape index (κ2) is 5.02. The fourth-order valence-corrected chi connectivity index (χ4v) is 2.99. The van der Waals surface area contributed by atoms with Gasteiger partial charge in [-0.25, -0.2) is 4.98 Å². The SMILES string of the molecule is Cc1ccccc1N(C)c1nc(=O)c2cccnc2s1. The number of nitrogens with zero attached hydrogens (tertiary/aromatic N) is 3. The summed E-state index contributed by atoms with van der Waals surface area (Å²) in [5.41, 5.74) is 1.94. The van der Waals surface area contributed by atoms with E-state index < -0.39 is 0 Å². The molecule has 0 aliphatic rings. The monoisotopic (exact) mass is 283 g/mol. The van der Waals surface area contributed by atoms with E-state index in [2.05, 4.69) is 9.97 Å². The molecule has 2 heterocycles. The number of hydrogen-bond donors (Lipinski definition) is 0. The quantitative estimate of drug-likeness (QED) is 0.725. The fourth-order valence-electron chi connectivity index (χ4n) is 2.08. The molecule has 20 heavy (non-hydrogen) atoms. The van der Waals surface area contributed by atoms with Crippen LogP contribution in [0.25, 0.3) is 10.2 Å². The summed E-state index contributed by atoms with van der Waals surface area (Å²) in [4.78, 5) is 23.1. The minimum atomic E-state index is -0.234. The average molecular weight is 283 g/mol. The third-order valence-corrected chi connectivity index (χ3v) is 4.22. The van der Waals surface area contributed by atoms with Gasteiger partial charge in [-0.1, -0.05) is 29.5 Å². The molecule has 0 aliphatic carbocycles. The topological polar surface area (TPSA) is 46.1 Å². The summed E-state index contributed by atoms with van der Waals surface area (Å²) in [6.45, 7) is 2.04. The van der Waals surface area contributed by atoms with Crippen LogP contribution in [0.5, 0.6) is 0 Å². The first kappa shape index (κ1) is 12.7. The van der Waals surface area contributed by atoms with Crippen LogP contribution in [0.2, 0.25) is 0 Å². The van der Waals surface area contributed by atoms with Crippen molar-refractivity contribution < 1.29 is 0 Å². The minimum Gasteiger partial charge on any atom is -0.320 e. The first-order valence-corrected chi connectivity index (χ1v) is 7.04. The highest BCUT2D eigenvalue weighted by Gasteiger charge is 2.12. The molecule has 2 aromatic heterocycles. The van der Waals surface area contributed by atoms with Crippen molar-refractivity contribution in [1.29, 1.82) is 0 Å². The number of pyridine rings is 1. The summed E-state index contributed by atoms with van der Waals surface area (Å²) in [7, 11) is 1.91. The van der Waals surface area contributed by atoms with Gasteiger partial charge in [0.1, 0.15) is 4.83 Å². The Balaban J connectivity index is 2.15. The molecule has 0 amide bonds. The van der Waals surface area contributed by atoms with Gasteiger partial charge in [-0.2, -0.15) is 4.98 Å². The van der Waals surface area contributed by atoms with Gasteiger partial charge in [-0.15, -0.1) is 0 Å². The Hall–Kier alpha value is -2.27. The number of rotatable bonds is 2. The summed E-state index contributed by atoms with van der Waals surface area (Å²) in [5, 5.41) is 1.22. The second-order valence-corrected chi connectivity index (χ2v) is 5.46. The first-order chi connectivity index (χ1) is 9.66. The number of aryl methyl sites for hydroxylation is 1. The van der Waals surface area contributed by atoms with Crippen LogP contribution in [0.15, 0.2) is 47.4 Å². The van der Waals surface area contributed by atoms with E-state index in [1.807, 2.05) is 43.1 Å². The van der Waals surface area contributed by atoms with Gasteiger partial charge in [0, 0.05) is 18.9 Å². The second-order valence-electron chi connectivity index (χ2n) is 4.50. The first-order valence-electron chi connectivity index (χ1n) is 6.22. The van der Waals surface area contributed by atoms with E-state index in [1.54, 1.807) is 18.3 Å². The lowest BCUT2D eigenvalue weighted by molar-refractivity contribution is 1.13. The Labute approximate surface area is 120 Å². The number of anilines is 2. The molecular formula is C15H13N3OS. The lowest BCUT2D eigenvalue weighted by Crippen LogP contribution is -2.16. The zero-order valence-corrected chi connectivity index (χ0v) is 12.0. The molecule has 0 spiro atoms. The van der Waals surface area contributed by atoms with E-state index in [-0.39, 0.29) is 5.56 Å². The van der Waals surface area contributed by atoms with Crippen LogP contribution in [0.1, 0.15) is 5.56 Å². The fraction of sp³-hybridized carbons (Fsp3) is 0.133. The number of aromatic nitrogens is 2. The van der Waals surface area contributed by atoms with Crippen LogP contribution < -0.4 is 10.5 Å². The molecule has 0 bridgehead atoms. The van der Waals surface area contributed by atoms with Crippen LogP contribution in [0.3, 0.4) is 0 Å². The van der Waals surface area contributed by atoms with Crippen molar-refractivity contribution in [3.8, 4) is 0 Å². The summed E-state index contributed by atoms with van der Waals surface area (Å²) in [6, 6.07) is 11.5. The summed E-state index contributed by atoms with van der Waals surface area (Å²) < 4.78 is 0. The molecule has 100 valence electrons. The molecule has 5 heteroatoms. The summed E-state index contributed by atoms with van der Waals surface area (Å²) >= 11 is 1.42. The zero-order chi connectivity index (χ0) is 14.1. The Morgan fingerprint density at radius 3 is 2.75 bits per heavy atom. The summed E-state index contributed by atoms with van der Waals surface area (Å²) in [6.07, 6.45) is 1.69. The Kier molecular flexibility index (Phi) is 3.20. The largest absolute Gasteiger partial charge is 0.320 e. The minimum absolute atomic E-state index is 0.234. The molecule has 3 rings (SSSR count). The maximum Gasteiger partial charge on any atom is 0.282 e. The van der Waals surface area contributed by atoms with Gasteiger partial charge < -0.3 is 4.90 Å². The molecule has 0 N–H and O–H groups in total. The zero-order valence-electron chi connectivity index (χ0n) is 11.2. The Morgan fingerprint density at radius 1 is 1.15 bits per heavy atom. The average Bonchev–Trinajstić information content (AvgIpc) is 2.47. The molecule has 4 nitrogen and oxygen atoms in total. The van der Waals surface area contributed by atoms with E-state index in [9.17, 15) is 4.79 Å². The van der Waals surface area contributed by atoms with Crippen LogP contribution in [-0.2, 0) is 0 Å². The van der Waals surface area contributed by atoms with Gasteiger partial charge in [0.25, 0.3) is 5.56 Å². The van der Waals surface area contributed by atoms with Crippen LogP contribution in [0, 0.1) is 6.92 Å². The lowest BCUT2D eigenvalue weighted by Gasteiger charge is -2.19. The van der Waals surface area contributed by atoms with Crippen LogP contribution in [0.4, 0.5) is 10.8 Å². The van der Waals surface area contributed by atoms with Crippen molar-refractivity contribution in [1.82, 2.24) is 9.97 Å². The number of para-hydroxylation sites is 1. The van der Waals surface area contributed by atoms with Crippen molar-refractivity contribution >= 4 is 32.4 Å². The van der Waals surface area contributed by atoms with Gasteiger partial charge in [-0.3, -0.25) is 4.79 Å². The standard InChI is InChI=1S/C15H13N3OS/c1-10-6-3-4-8-12(10)18(2)15-17-13(19)11-7-5-9-16-14(11)20-15/h3-9H,1-2H3. The summed E-state index contributed by atoms with van der Waals surface area (Å²) in [5.74, 6) is 0. The van der Waals surface area contributed by atoms with Crippen molar-refractivity contribution in [2.45, 2.75) is 6.92 Å². The predicted molar refractivity (Wildman–Crippen MR) is 82.9 cm³/mol. The lowest BCUT2D eigenvalue weighted by atomic mass is 10.2. The highest BCUT2D eigenvalue weighted by Crippen LogP contribution is 2.29. The van der Waals surface area contributed by atoms with E-state index in [4.69, 9.17) is 0 Å². The molecule has 0 saturated heterocycles. The Morgan fingerprint density at radius 2 is 1.95 bits per heavy atom. The van der Waals surface area contributed by atoms with Gasteiger partial charge in [0.15, 0.2) is 5.13 Å². The van der Waals surface area contributed by atoms with Crippen LogP contribution in [-0.4, -0.2) is 17.0 Å². The molecule has 0 unspecified atom stereocenters. The third kappa shape index (κ3) is 2.16. The van der Waals surface area contributed by atoms with E-state index >= 15 is 0 Å². The smallest absolute Gasteiger partial charge is 0.282 e. The number of fused-ring (bicyclic) bond motifs is 1. The molecule has 0 aliphatic heterocycles. The van der Waals surface area contributed by atoms with Crippen molar-refractivity contribution in [3.63, 3.8) is 0 Å². The van der Waals surface area contributed by atoms with Gasteiger partial charge >= 0.3 is 0 Å². The van der Waals surface area contributed by atoms with E-state index in [0.29, 0.717) is 15.3 Å². The third-order valence-electron chi connectivity index (χ3n) is 3.15. The normalized spacial score (nSPS) is 10.7. The van der Waals surface area contributed by atoms with E-state index in [0.717, 1.165) is 11.3 Å². The van der Waals surface area contributed by atoms with E-state index in [1.165, 1.54) is 11.3 Å². The van der Waals surface area contributed by atoms with Gasteiger partial charge in [0.05, 0.1) is 5.39 Å². The van der Waals surface area contributed by atoms with Gasteiger partial charge in [0.2, 0.25) is 0 Å². The highest BCUT2D eigenvalue weighted by atomic mass is 32.1. The Bertz CT molecular complexity index is 828. The van der Waals surface area contributed by atoms with Crippen LogP contribution >= 0.6 is 11.3 Å². The molecule has 0 saturated carbocycles. The number of benzene rings is 1. The molecule has 0 radical (unpaired) electrons. The van der Waals surface area contributed by atoms with Gasteiger partial charge in [-0.05, 0) is 30.7 Å². The van der Waals surface area contributed by atoms with Crippen molar-refractivity contribution in [2.75, 3.05) is 11.9 Å².